The summed E-state index contributed by atoms with van der Waals surface area (Å²) in [5.74, 6) is 1.67. The molecule has 0 aliphatic carbocycles. The number of hydrogen-bond donors (Lipinski definition) is 0. The average molecular weight is 249 g/mol. The van der Waals surface area contributed by atoms with Crippen LogP contribution in [0.25, 0.3) is 0 Å². The summed E-state index contributed by atoms with van der Waals surface area (Å²) in [5.41, 5.74) is 3.13. The minimum Gasteiger partial charge on any atom is -0.360 e. The Hall–Kier alpha value is -1.42. The summed E-state index contributed by atoms with van der Waals surface area (Å²) in [7, 11) is -0.949. The Morgan fingerprint density at radius 2 is 1.88 bits per heavy atom. The van der Waals surface area contributed by atoms with E-state index in [0.717, 1.165) is 11.3 Å². The standard InChI is InChI=1S/C13H15NO2S/c1-10-3-5-12(6-4-10)8-17(15)9-13-7-11(2)14-16-13/h3-7H,8-9H2,1-2H3. The minimum atomic E-state index is -0.949. The van der Waals surface area contributed by atoms with E-state index < -0.39 is 10.8 Å². The van der Waals surface area contributed by atoms with Crippen LogP contribution in [0.15, 0.2) is 34.9 Å². The van der Waals surface area contributed by atoms with Crippen LogP contribution in [0.1, 0.15) is 22.6 Å². The normalized spacial score (nSPS) is 12.6. The van der Waals surface area contributed by atoms with Crippen molar-refractivity contribution >= 4 is 10.8 Å². The van der Waals surface area contributed by atoms with Gasteiger partial charge >= 0.3 is 0 Å². The molecule has 0 fully saturated rings. The summed E-state index contributed by atoms with van der Waals surface area (Å²) < 4.78 is 16.9. The molecule has 4 heteroatoms. The maximum absolute atomic E-state index is 11.9. The van der Waals surface area contributed by atoms with Crippen molar-refractivity contribution in [3.05, 3.63) is 52.9 Å². The zero-order valence-electron chi connectivity index (χ0n) is 9.97. The highest BCUT2D eigenvalue weighted by molar-refractivity contribution is 7.83. The second kappa shape index (κ2) is 5.27. The van der Waals surface area contributed by atoms with Crippen molar-refractivity contribution in [1.29, 1.82) is 0 Å². The van der Waals surface area contributed by atoms with Crippen LogP contribution < -0.4 is 0 Å². The quantitative estimate of drug-likeness (QED) is 0.836. The van der Waals surface area contributed by atoms with Gasteiger partial charge in [-0.15, -0.1) is 0 Å². The molecule has 0 saturated carbocycles. The molecule has 1 atom stereocenters. The van der Waals surface area contributed by atoms with Gasteiger partial charge in [-0.25, -0.2) is 0 Å². The van der Waals surface area contributed by atoms with E-state index in [4.69, 9.17) is 4.52 Å². The highest BCUT2D eigenvalue weighted by Crippen LogP contribution is 2.11. The molecule has 0 radical (unpaired) electrons. The van der Waals surface area contributed by atoms with Crippen molar-refractivity contribution < 1.29 is 8.73 Å². The Kier molecular flexibility index (Phi) is 3.74. The molecule has 0 aliphatic rings. The van der Waals surface area contributed by atoms with Gasteiger partial charge in [-0.2, -0.15) is 0 Å². The van der Waals surface area contributed by atoms with Gasteiger partial charge < -0.3 is 4.52 Å². The second-order valence-electron chi connectivity index (χ2n) is 4.15. The van der Waals surface area contributed by atoms with Crippen molar-refractivity contribution in [2.75, 3.05) is 0 Å². The highest BCUT2D eigenvalue weighted by Gasteiger charge is 2.07. The molecule has 90 valence electrons. The first-order valence-electron chi connectivity index (χ1n) is 5.46. The Morgan fingerprint density at radius 3 is 2.47 bits per heavy atom. The molecule has 0 saturated heterocycles. The second-order valence-corrected chi connectivity index (χ2v) is 5.61. The molecule has 0 bridgehead atoms. The van der Waals surface area contributed by atoms with Gasteiger partial charge in [-0.3, -0.25) is 4.21 Å². The SMILES string of the molecule is Cc1ccc(CS(=O)Cc2cc(C)no2)cc1. The maximum Gasteiger partial charge on any atom is 0.149 e. The van der Waals surface area contributed by atoms with Gasteiger partial charge in [0.2, 0.25) is 0 Å². The third-order valence-electron chi connectivity index (χ3n) is 2.43. The van der Waals surface area contributed by atoms with Gasteiger partial charge in [0.05, 0.1) is 11.4 Å². The zero-order chi connectivity index (χ0) is 12.3. The topological polar surface area (TPSA) is 43.1 Å². The zero-order valence-corrected chi connectivity index (χ0v) is 10.8. The lowest BCUT2D eigenvalue weighted by molar-refractivity contribution is 0.390. The van der Waals surface area contributed by atoms with E-state index in [9.17, 15) is 4.21 Å². The number of benzene rings is 1. The summed E-state index contributed by atoms with van der Waals surface area (Å²) in [5, 5.41) is 3.78. The Labute approximate surface area is 103 Å². The first-order chi connectivity index (χ1) is 8.13. The Balaban J connectivity index is 1.95. The number of aromatic nitrogens is 1. The lowest BCUT2D eigenvalue weighted by Crippen LogP contribution is -1.98. The Morgan fingerprint density at radius 1 is 1.18 bits per heavy atom. The van der Waals surface area contributed by atoms with Gasteiger partial charge in [0.25, 0.3) is 0 Å². The number of nitrogens with zero attached hydrogens (tertiary/aromatic N) is 1. The lowest BCUT2D eigenvalue weighted by atomic mass is 10.2. The summed E-state index contributed by atoms with van der Waals surface area (Å²) in [6, 6.07) is 9.92. The van der Waals surface area contributed by atoms with E-state index >= 15 is 0 Å². The monoisotopic (exact) mass is 249 g/mol. The fraction of sp³-hybridized carbons (Fsp3) is 0.308. The fourth-order valence-corrected chi connectivity index (χ4v) is 2.68. The van der Waals surface area contributed by atoms with Crippen LogP contribution in [0, 0.1) is 13.8 Å². The molecular formula is C13H15NO2S. The van der Waals surface area contributed by atoms with Crippen molar-refractivity contribution in [3.8, 4) is 0 Å². The van der Waals surface area contributed by atoms with Crippen LogP contribution in [0.5, 0.6) is 0 Å². The molecule has 1 unspecified atom stereocenters. The van der Waals surface area contributed by atoms with Crippen LogP contribution >= 0.6 is 0 Å². The van der Waals surface area contributed by atoms with E-state index in [-0.39, 0.29) is 0 Å². The third kappa shape index (κ3) is 3.53. The van der Waals surface area contributed by atoms with E-state index in [2.05, 4.69) is 5.16 Å². The van der Waals surface area contributed by atoms with Crippen molar-refractivity contribution in [1.82, 2.24) is 5.16 Å². The first-order valence-corrected chi connectivity index (χ1v) is 6.95. The van der Waals surface area contributed by atoms with Crippen molar-refractivity contribution in [2.24, 2.45) is 0 Å². The lowest BCUT2D eigenvalue weighted by Gasteiger charge is -2.01. The molecule has 1 aromatic carbocycles. The molecule has 0 aliphatic heterocycles. The summed E-state index contributed by atoms with van der Waals surface area (Å²) in [6.07, 6.45) is 0. The van der Waals surface area contributed by atoms with Crippen molar-refractivity contribution in [3.63, 3.8) is 0 Å². The van der Waals surface area contributed by atoms with Crippen LogP contribution in [0.4, 0.5) is 0 Å². The van der Waals surface area contributed by atoms with Crippen LogP contribution in [0.3, 0.4) is 0 Å². The van der Waals surface area contributed by atoms with Gasteiger partial charge in [-0.05, 0) is 19.4 Å². The number of aryl methyl sites for hydroxylation is 2. The predicted octanol–water partition coefficient (Wildman–Crippen LogP) is 2.74. The Bertz CT molecular complexity index is 516. The molecule has 1 heterocycles. The summed E-state index contributed by atoms with van der Waals surface area (Å²) >= 11 is 0. The van der Waals surface area contributed by atoms with Crippen LogP contribution in [-0.4, -0.2) is 9.37 Å². The van der Waals surface area contributed by atoms with E-state index in [1.54, 1.807) is 0 Å². The van der Waals surface area contributed by atoms with E-state index in [1.165, 1.54) is 5.56 Å². The van der Waals surface area contributed by atoms with Gasteiger partial charge in [-0.1, -0.05) is 35.0 Å². The third-order valence-corrected chi connectivity index (χ3v) is 3.69. The van der Waals surface area contributed by atoms with Crippen LogP contribution in [-0.2, 0) is 22.3 Å². The molecular weight excluding hydrogens is 234 g/mol. The van der Waals surface area contributed by atoms with E-state index in [1.807, 2.05) is 44.2 Å². The van der Waals surface area contributed by atoms with Gasteiger partial charge in [0.1, 0.15) is 5.76 Å². The summed E-state index contributed by atoms with van der Waals surface area (Å²) in [4.78, 5) is 0. The van der Waals surface area contributed by atoms with Crippen LogP contribution in [0.2, 0.25) is 0 Å². The average Bonchev–Trinajstić information content (AvgIpc) is 2.67. The molecule has 3 nitrogen and oxygen atoms in total. The number of rotatable bonds is 4. The summed E-state index contributed by atoms with van der Waals surface area (Å²) in [6.45, 7) is 3.90. The molecule has 2 rings (SSSR count). The molecule has 1 aromatic heterocycles. The highest BCUT2D eigenvalue weighted by atomic mass is 32.2. The number of hydrogen-bond acceptors (Lipinski definition) is 3. The van der Waals surface area contributed by atoms with Gasteiger partial charge in [0, 0.05) is 22.6 Å². The fourth-order valence-electron chi connectivity index (χ4n) is 1.56. The molecule has 2 aromatic rings. The molecule has 0 spiro atoms. The molecule has 0 N–H and O–H groups in total. The molecule has 17 heavy (non-hydrogen) atoms. The maximum atomic E-state index is 11.9. The minimum absolute atomic E-state index is 0.425. The first kappa shape index (κ1) is 12.0. The smallest absolute Gasteiger partial charge is 0.149 e. The van der Waals surface area contributed by atoms with E-state index in [0.29, 0.717) is 17.3 Å². The predicted molar refractivity (Wildman–Crippen MR) is 68.0 cm³/mol. The molecule has 0 amide bonds. The van der Waals surface area contributed by atoms with Crippen molar-refractivity contribution in [2.45, 2.75) is 25.4 Å². The van der Waals surface area contributed by atoms with Gasteiger partial charge in [0.15, 0.2) is 0 Å². The largest absolute Gasteiger partial charge is 0.360 e.